The fraction of sp³-hybridized carbons (Fsp3) is 0.556. The van der Waals surface area contributed by atoms with Crippen LogP contribution in [0.15, 0.2) is 36.1 Å². The van der Waals surface area contributed by atoms with Crippen molar-refractivity contribution in [1.82, 2.24) is 4.90 Å². The number of hydrogen-bond donors (Lipinski definition) is 1. The average Bonchev–Trinajstić information content (AvgIpc) is 2.92. The van der Waals surface area contributed by atoms with E-state index in [9.17, 15) is 14.7 Å². The Morgan fingerprint density at radius 1 is 1.21 bits per heavy atom. The van der Waals surface area contributed by atoms with Crippen LogP contribution in [0.1, 0.15) is 27.7 Å². The number of likely N-dealkylation sites (tertiary alicyclic amines) is 1. The predicted octanol–water partition coefficient (Wildman–Crippen LogP) is 3.22. The third kappa shape index (κ3) is 5.44. The van der Waals surface area contributed by atoms with Gasteiger partial charge in [-0.2, -0.15) is 0 Å². The number of carboxylic acids is 1. The first-order valence-corrected chi connectivity index (χ1v) is 7.87. The van der Waals surface area contributed by atoms with Gasteiger partial charge in [0, 0.05) is 19.0 Å². The SMILES string of the molecule is C=C(/C=C\C(=C/C)OC)[C@@H]1CN(C(=O)OC(C)(C)C)C[C@H]1C(=O)O. The van der Waals surface area contributed by atoms with E-state index in [4.69, 9.17) is 9.47 Å². The zero-order valence-electron chi connectivity index (χ0n) is 15.0. The summed E-state index contributed by atoms with van der Waals surface area (Å²) < 4.78 is 10.5. The monoisotopic (exact) mass is 337 g/mol. The van der Waals surface area contributed by atoms with Crippen molar-refractivity contribution >= 4 is 12.1 Å². The lowest BCUT2D eigenvalue weighted by atomic mass is 9.89. The minimum absolute atomic E-state index is 0.114. The van der Waals surface area contributed by atoms with Crippen LogP contribution in [0, 0.1) is 11.8 Å². The lowest BCUT2D eigenvalue weighted by Crippen LogP contribution is -2.36. The van der Waals surface area contributed by atoms with Crippen molar-refractivity contribution in [2.45, 2.75) is 33.3 Å². The summed E-state index contributed by atoms with van der Waals surface area (Å²) in [7, 11) is 1.56. The van der Waals surface area contributed by atoms with E-state index in [0.29, 0.717) is 11.3 Å². The van der Waals surface area contributed by atoms with Gasteiger partial charge in [0.05, 0.1) is 13.0 Å². The molecule has 0 unspecified atom stereocenters. The van der Waals surface area contributed by atoms with E-state index in [1.807, 2.05) is 6.92 Å². The Morgan fingerprint density at radius 3 is 2.25 bits per heavy atom. The lowest BCUT2D eigenvalue weighted by molar-refractivity contribution is -0.142. The van der Waals surface area contributed by atoms with Gasteiger partial charge in [-0.05, 0) is 45.4 Å². The molecule has 0 bridgehead atoms. The number of ether oxygens (including phenoxy) is 2. The molecule has 0 aromatic heterocycles. The van der Waals surface area contributed by atoms with Crippen molar-refractivity contribution in [3.8, 4) is 0 Å². The molecule has 1 amide bonds. The summed E-state index contributed by atoms with van der Waals surface area (Å²) in [5.41, 5.74) is 0.0224. The Morgan fingerprint density at radius 2 is 1.79 bits per heavy atom. The number of allylic oxidation sites excluding steroid dienone is 3. The number of aliphatic carboxylic acids is 1. The molecule has 0 aliphatic carbocycles. The minimum atomic E-state index is -0.946. The van der Waals surface area contributed by atoms with E-state index in [-0.39, 0.29) is 19.0 Å². The highest BCUT2D eigenvalue weighted by Gasteiger charge is 2.41. The summed E-state index contributed by atoms with van der Waals surface area (Å²) in [6, 6.07) is 0. The van der Waals surface area contributed by atoms with Crippen molar-refractivity contribution in [2.75, 3.05) is 20.2 Å². The molecule has 0 spiro atoms. The van der Waals surface area contributed by atoms with E-state index in [1.54, 1.807) is 46.1 Å². The molecule has 24 heavy (non-hydrogen) atoms. The Kier molecular flexibility index (Phi) is 6.63. The second-order valence-electron chi connectivity index (χ2n) is 6.74. The molecule has 2 atom stereocenters. The van der Waals surface area contributed by atoms with Gasteiger partial charge in [-0.15, -0.1) is 0 Å². The smallest absolute Gasteiger partial charge is 0.410 e. The minimum Gasteiger partial charge on any atom is -0.497 e. The lowest BCUT2D eigenvalue weighted by Gasteiger charge is -2.24. The Bertz CT molecular complexity index is 556. The van der Waals surface area contributed by atoms with E-state index in [0.717, 1.165) is 0 Å². The number of hydrogen-bond acceptors (Lipinski definition) is 4. The van der Waals surface area contributed by atoms with Crippen LogP contribution >= 0.6 is 0 Å². The fourth-order valence-electron chi connectivity index (χ4n) is 2.50. The maximum absolute atomic E-state index is 12.2. The van der Waals surface area contributed by atoms with Gasteiger partial charge in [0.15, 0.2) is 0 Å². The number of rotatable bonds is 5. The third-order valence-corrected chi connectivity index (χ3v) is 3.75. The van der Waals surface area contributed by atoms with Gasteiger partial charge in [-0.25, -0.2) is 4.79 Å². The van der Waals surface area contributed by atoms with Crippen LogP contribution < -0.4 is 0 Å². The quantitative estimate of drug-likeness (QED) is 0.616. The first-order valence-electron chi connectivity index (χ1n) is 7.87. The molecule has 1 N–H and O–H groups in total. The largest absolute Gasteiger partial charge is 0.497 e. The number of amides is 1. The zero-order chi connectivity index (χ0) is 18.5. The molecule has 6 nitrogen and oxygen atoms in total. The molecule has 1 heterocycles. The van der Waals surface area contributed by atoms with E-state index >= 15 is 0 Å². The van der Waals surface area contributed by atoms with Crippen LogP contribution in [0.25, 0.3) is 0 Å². The number of carboxylic acid groups (broad SMARTS) is 1. The van der Waals surface area contributed by atoms with Gasteiger partial charge in [0.1, 0.15) is 11.4 Å². The summed E-state index contributed by atoms with van der Waals surface area (Å²) >= 11 is 0. The Balaban J connectivity index is 2.87. The molecule has 1 rings (SSSR count). The molecule has 0 radical (unpaired) electrons. The average molecular weight is 337 g/mol. The molecule has 1 aliphatic rings. The molecule has 1 saturated heterocycles. The predicted molar refractivity (Wildman–Crippen MR) is 91.5 cm³/mol. The van der Waals surface area contributed by atoms with Crippen molar-refractivity contribution in [3.63, 3.8) is 0 Å². The first-order chi connectivity index (χ1) is 11.1. The van der Waals surface area contributed by atoms with Gasteiger partial charge >= 0.3 is 12.1 Å². The summed E-state index contributed by atoms with van der Waals surface area (Å²) in [5, 5.41) is 9.45. The molecular formula is C18H27NO5. The zero-order valence-corrected chi connectivity index (χ0v) is 15.0. The van der Waals surface area contributed by atoms with Gasteiger partial charge in [-0.1, -0.05) is 12.7 Å². The highest BCUT2D eigenvalue weighted by molar-refractivity contribution is 5.75. The van der Waals surface area contributed by atoms with Crippen LogP contribution in [-0.4, -0.2) is 47.9 Å². The third-order valence-electron chi connectivity index (χ3n) is 3.75. The summed E-state index contributed by atoms with van der Waals surface area (Å²) in [6.07, 6.45) is 4.76. The second-order valence-corrected chi connectivity index (χ2v) is 6.74. The van der Waals surface area contributed by atoms with Crippen molar-refractivity contribution in [1.29, 1.82) is 0 Å². The van der Waals surface area contributed by atoms with Crippen LogP contribution in [0.5, 0.6) is 0 Å². The summed E-state index contributed by atoms with van der Waals surface area (Å²) in [6.45, 7) is 11.5. The van der Waals surface area contributed by atoms with Crippen LogP contribution in [0.4, 0.5) is 4.79 Å². The molecule has 0 aromatic carbocycles. The number of carbonyl (C=O) groups is 2. The molecular weight excluding hydrogens is 310 g/mol. The van der Waals surface area contributed by atoms with E-state index < -0.39 is 23.6 Å². The first kappa shape index (κ1) is 19.8. The van der Waals surface area contributed by atoms with Crippen molar-refractivity contribution in [3.05, 3.63) is 36.1 Å². The number of carbonyl (C=O) groups excluding carboxylic acids is 1. The van der Waals surface area contributed by atoms with Crippen LogP contribution in [0.3, 0.4) is 0 Å². The Hall–Kier alpha value is -2.24. The van der Waals surface area contributed by atoms with Crippen molar-refractivity contribution in [2.24, 2.45) is 11.8 Å². The van der Waals surface area contributed by atoms with Crippen LogP contribution in [-0.2, 0) is 14.3 Å². The fourth-order valence-corrected chi connectivity index (χ4v) is 2.50. The standard InChI is InChI=1S/C18H27NO5/c1-7-13(23-6)9-8-12(2)14-10-19(11-15(14)16(20)21)17(22)24-18(3,4)5/h7-9,14-15H,2,10-11H2,1,3-6H3,(H,20,21)/b9-8-,13-7+/t14-,15+/m0/s1. The topological polar surface area (TPSA) is 76.1 Å². The normalized spacial score (nSPS) is 21.9. The highest BCUT2D eigenvalue weighted by Crippen LogP contribution is 2.31. The number of nitrogens with zero attached hydrogens (tertiary/aromatic N) is 1. The Labute approximate surface area is 143 Å². The molecule has 0 saturated carbocycles. The molecule has 6 heteroatoms. The highest BCUT2D eigenvalue weighted by atomic mass is 16.6. The molecule has 0 aromatic rings. The van der Waals surface area contributed by atoms with Gasteiger partial charge in [0.2, 0.25) is 0 Å². The number of methoxy groups -OCH3 is 1. The van der Waals surface area contributed by atoms with E-state index in [2.05, 4.69) is 6.58 Å². The molecule has 1 aliphatic heterocycles. The maximum Gasteiger partial charge on any atom is 0.410 e. The van der Waals surface area contributed by atoms with Gasteiger partial charge in [0.25, 0.3) is 0 Å². The maximum atomic E-state index is 12.2. The molecule has 134 valence electrons. The van der Waals surface area contributed by atoms with E-state index in [1.165, 1.54) is 4.90 Å². The van der Waals surface area contributed by atoms with Crippen molar-refractivity contribution < 1.29 is 24.2 Å². The van der Waals surface area contributed by atoms with Gasteiger partial charge in [-0.3, -0.25) is 4.79 Å². The van der Waals surface area contributed by atoms with Crippen LogP contribution in [0.2, 0.25) is 0 Å². The summed E-state index contributed by atoms with van der Waals surface area (Å²) in [5.74, 6) is -1.35. The summed E-state index contributed by atoms with van der Waals surface area (Å²) in [4.78, 5) is 25.2. The second kappa shape index (κ2) is 8.04. The molecule has 1 fully saturated rings. The van der Waals surface area contributed by atoms with Gasteiger partial charge < -0.3 is 19.5 Å².